The van der Waals surface area contributed by atoms with Gasteiger partial charge in [-0.25, -0.2) is 14.2 Å². The van der Waals surface area contributed by atoms with E-state index in [2.05, 4.69) is 18.9 Å². The van der Waals surface area contributed by atoms with Gasteiger partial charge in [0.25, 0.3) is 5.91 Å². The van der Waals surface area contributed by atoms with Crippen molar-refractivity contribution in [2.45, 2.75) is 58.5 Å². The molecule has 0 N–H and O–H groups in total. The SMILES string of the molecule is Cc1ccc2c(C(=O)N3CCn4nc(C5CC5)nc4[C@@H]3CC(C)C)cnn2c1. The maximum absolute atomic E-state index is 13.5. The van der Waals surface area contributed by atoms with Crippen LogP contribution in [0.15, 0.2) is 24.5 Å². The van der Waals surface area contributed by atoms with Crippen LogP contribution in [0.1, 0.15) is 72.6 Å². The molecule has 2 aliphatic rings. The summed E-state index contributed by atoms with van der Waals surface area (Å²) in [6.45, 7) is 7.76. The van der Waals surface area contributed by atoms with E-state index in [0.29, 0.717) is 30.5 Å². The van der Waals surface area contributed by atoms with Gasteiger partial charge in [0.2, 0.25) is 0 Å². The average Bonchev–Trinajstić information content (AvgIpc) is 3.28. The zero-order chi connectivity index (χ0) is 19.4. The molecule has 5 rings (SSSR count). The Morgan fingerprint density at radius 3 is 2.82 bits per heavy atom. The maximum Gasteiger partial charge on any atom is 0.258 e. The van der Waals surface area contributed by atoms with Crippen LogP contribution in [0.3, 0.4) is 0 Å². The average molecular weight is 378 g/mol. The summed E-state index contributed by atoms with van der Waals surface area (Å²) >= 11 is 0. The number of fused-ring (bicyclic) bond motifs is 2. The standard InChI is InChI=1S/C21H26N6O/c1-13(2)10-18-20-23-19(15-5-6-15)24-26(20)9-8-25(18)21(28)16-11-22-27-12-14(3)4-7-17(16)27/h4,7,11-13,15,18H,5-6,8-10H2,1-3H3/t18-/m0/s1. The molecule has 4 heterocycles. The lowest BCUT2D eigenvalue weighted by Crippen LogP contribution is -2.43. The maximum atomic E-state index is 13.5. The molecule has 0 spiro atoms. The fraction of sp³-hybridized carbons (Fsp3) is 0.524. The van der Waals surface area contributed by atoms with E-state index in [1.54, 1.807) is 10.7 Å². The molecule has 146 valence electrons. The summed E-state index contributed by atoms with van der Waals surface area (Å²) in [7, 11) is 0. The number of hydrogen-bond donors (Lipinski definition) is 0. The highest BCUT2D eigenvalue weighted by Gasteiger charge is 2.37. The monoisotopic (exact) mass is 378 g/mol. The molecule has 1 saturated carbocycles. The quantitative estimate of drug-likeness (QED) is 0.698. The molecule has 7 heteroatoms. The van der Waals surface area contributed by atoms with Crippen molar-refractivity contribution in [2.24, 2.45) is 5.92 Å². The van der Waals surface area contributed by atoms with Gasteiger partial charge in [-0.2, -0.15) is 10.2 Å². The number of aromatic nitrogens is 5. The van der Waals surface area contributed by atoms with Gasteiger partial charge >= 0.3 is 0 Å². The molecule has 1 aliphatic carbocycles. The van der Waals surface area contributed by atoms with Crippen molar-refractivity contribution in [3.63, 3.8) is 0 Å². The first-order valence-corrected chi connectivity index (χ1v) is 10.2. The lowest BCUT2D eigenvalue weighted by Gasteiger charge is -2.36. The molecule has 1 fully saturated rings. The zero-order valence-corrected chi connectivity index (χ0v) is 16.7. The van der Waals surface area contributed by atoms with Crippen molar-refractivity contribution in [2.75, 3.05) is 6.54 Å². The van der Waals surface area contributed by atoms with Gasteiger partial charge in [-0.15, -0.1) is 0 Å². The normalized spacial score (nSPS) is 19.4. The molecule has 1 atom stereocenters. The predicted molar refractivity (Wildman–Crippen MR) is 105 cm³/mol. The third kappa shape index (κ3) is 2.89. The summed E-state index contributed by atoms with van der Waals surface area (Å²) in [6.07, 6.45) is 6.89. The molecule has 0 unspecified atom stereocenters. The van der Waals surface area contributed by atoms with Crippen molar-refractivity contribution in [3.8, 4) is 0 Å². The number of carbonyl (C=O) groups excluding carboxylic acids is 1. The fourth-order valence-electron chi connectivity index (χ4n) is 4.12. The number of amides is 1. The molecule has 0 bridgehead atoms. The minimum atomic E-state index is -0.0401. The van der Waals surface area contributed by atoms with E-state index in [-0.39, 0.29) is 11.9 Å². The Kier molecular flexibility index (Phi) is 4.00. The number of carbonyl (C=O) groups is 1. The summed E-state index contributed by atoms with van der Waals surface area (Å²) in [5.41, 5.74) is 2.62. The Morgan fingerprint density at radius 2 is 2.07 bits per heavy atom. The highest BCUT2D eigenvalue weighted by Crippen LogP contribution is 2.40. The lowest BCUT2D eigenvalue weighted by molar-refractivity contribution is 0.0580. The number of rotatable bonds is 4. The summed E-state index contributed by atoms with van der Waals surface area (Å²) < 4.78 is 3.82. The second-order valence-corrected chi connectivity index (χ2v) is 8.56. The smallest absolute Gasteiger partial charge is 0.258 e. The van der Waals surface area contributed by atoms with Gasteiger partial charge in [0.15, 0.2) is 5.82 Å². The van der Waals surface area contributed by atoms with Crippen LogP contribution in [0.5, 0.6) is 0 Å². The van der Waals surface area contributed by atoms with Gasteiger partial charge in [0, 0.05) is 18.7 Å². The van der Waals surface area contributed by atoms with E-state index in [0.717, 1.165) is 29.1 Å². The summed E-state index contributed by atoms with van der Waals surface area (Å²) in [5, 5.41) is 9.13. The minimum absolute atomic E-state index is 0.0340. The highest BCUT2D eigenvalue weighted by atomic mass is 16.2. The molecule has 3 aromatic heterocycles. The largest absolute Gasteiger partial charge is 0.326 e. The van der Waals surface area contributed by atoms with Crippen molar-refractivity contribution < 1.29 is 4.79 Å². The van der Waals surface area contributed by atoms with Gasteiger partial charge in [-0.3, -0.25) is 4.79 Å². The highest BCUT2D eigenvalue weighted by molar-refractivity contribution is 6.00. The Bertz CT molecular complexity index is 1040. The van der Waals surface area contributed by atoms with Crippen LogP contribution in [0.4, 0.5) is 0 Å². The van der Waals surface area contributed by atoms with E-state index < -0.39 is 0 Å². The minimum Gasteiger partial charge on any atom is -0.326 e. The Morgan fingerprint density at radius 1 is 1.25 bits per heavy atom. The van der Waals surface area contributed by atoms with E-state index in [1.165, 1.54) is 12.8 Å². The van der Waals surface area contributed by atoms with E-state index in [9.17, 15) is 4.79 Å². The molecular weight excluding hydrogens is 352 g/mol. The number of nitrogens with zero attached hydrogens (tertiary/aromatic N) is 6. The first-order chi connectivity index (χ1) is 13.5. The van der Waals surface area contributed by atoms with Crippen LogP contribution in [0.25, 0.3) is 5.52 Å². The topological polar surface area (TPSA) is 68.3 Å². The molecule has 1 amide bonds. The third-order valence-electron chi connectivity index (χ3n) is 5.74. The van der Waals surface area contributed by atoms with Crippen LogP contribution in [-0.2, 0) is 6.54 Å². The molecule has 0 aromatic carbocycles. The molecule has 7 nitrogen and oxygen atoms in total. The molecular formula is C21H26N6O. The second-order valence-electron chi connectivity index (χ2n) is 8.56. The lowest BCUT2D eigenvalue weighted by atomic mass is 9.99. The Balaban J connectivity index is 1.52. The van der Waals surface area contributed by atoms with Gasteiger partial charge in [0.05, 0.1) is 29.9 Å². The van der Waals surface area contributed by atoms with Crippen molar-refractivity contribution >= 4 is 11.4 Å². The first-order valence-electron chi connectivity index (χ1n) is 10.2. The van der Waals surface area contributed by atoms with E-state index >= 15 is 0 Å². The van der Waals surface area contributed by atoms with Crippen molar-refractivity contribution in [1.29, 1.82) is 0 Å². The van der Waals surface area contributed by atoms with Crippen LogP contribution < -0.4 is 0 Å². The van der Waals surface area contributed by atoms with Crippen LogP contribution in [-0.4, -0.2) is 41.7 Å². The molecule has 0 saturated heterocycles. The van der Waals surface area contributed by atoms with Crippen molar-refractivity contribution in [1.82, 2.24) is 29.3 Å². The Labute approximate surface area is 164 Å². The number of aryl methyl sites for hydroxylation is 1. The van der Waals surface area contributed by atoms with E-state index in [4.69, 9.17) is 10.1 Å². The molecule has 28 heavy (non-hydrogen) atoms. The summed E-state index contributed by atoms with van der Waals surface area (Å²) in [5.74, 6) is 2.92. The van der Waals surface area contributed by atoms with Gasteiger partial charge in [0.1, 0.15) is 5.82 Å². The van der Waals surface area contributed by atoms with Crippen LogP contribution in [0, 0.1) is 12.8 Å². The van der Waals surface area contributed by atoms with E-state index in [1.807, 2.05) is 34.8 Å². The summed E-state index contributed by atoms with van der Waals surface area (Å²) in [4.78, 5) is 20.4. The molecule has 1 aliphatic heterocycles. The Hall–Kier alpha value is -2.70. The fourth-order valence-corrected chi connectivity index (χ4v) is 4.12. The molecule has 0 radical (unpaired) electrons. The third-order valence-corrected chi connectivity index (χ3v) is 5.74. The van der Waals surface area contributed by atoms with Crippen molar-refractivity contribution in [3.05, 3.63) is 47.3 Å². The number of hydrogen-bond acceptors (Lipinski definition) is 4. The van der Waals surface area contributed by atoms with Crippen LogP contribution >= 0.6 is 0 Å². The van der Waals surface area contributed by atoms with Gasteiger partial charge < -0.3 is 4.90 Å². The molecule has 3 aromatic rings. The summed E-state index contributed by atoms with van der Waals surface area (Å²) in [6, 6.07) is 3.96. The van der Waals surface area contributed by atoms with Gasteiger partial charge in [-0.1, -0.05) is 19.9 Å². The van der Waals surface area contributed by atoms with Gasteiger partial charge in [-0.05, 0) is 43.7 Å². The zero-order valence-electron chi connectivity index (χ0n) is 16.7. The van der Waals surface area contributed by atoms with Crippen LogP contribution in [0.2, 0.25) is 0 Å². The first kappa shape index (κ1) is 17.4. The number of pyridine rings is 1. The second kappa shape index (κ2) is 6.43. The predicted octanol–water partition coefficient (Wildman–Crippen LogP) is 3.35.